The van der Waals surface area contributed by atoms with E-state index < -0.39 is 29.5 Å². The molecule has 3 aromatic carbocycles. The smallest absolute Gasteiger partial charge is 0.282 e. The first kappa shape index (κ1) is 27.2. The van der Waals surface area contributed by atoms with E-state index >= 15 is 0 Å². The largest absolute Gasteiger partial charge is 0.497 e. The summed E-state index contributed by atoms with van der Waals surface area (Å²) in [6.45, 7) is 1.38. The normalized spacial score (nSPS) is 13.4. The summed E-state index contributed by atoms with van der Waals surface area (Å²) in [4.78, 5) is 54.3. The van der Waals surface area contributed by atoms with Crippen molar-refractivity contribution in [3.8, 4) is 5.75 Å². The molecule has 0 spiro atoms. The minimum atomic E-state index is -1.33. The van der Waals surface area contributed by atoms with Gasteiger partial charge in [0.2, 0.25) is 0 Å². The molecule has 7 nitrogen and oxygen atoms in total. The molecule has 4 rings (SSSR count). The van der Waals surface area contributed by atoms with Gasteiger partial charge in [-0.3, -0.25) is 19.2 Å². The number of benzene rings is 3. The Labute approximate surface area is 236 Å². The van der Waals surface area contributed by atoms with Crippen LogP contribution in [0.3, 0.4) is 0 Å². The Morgan fingerprint density at radius 2 is 1.22 bits per heavy atom. The third kappa shape index (κ3) is 4.67. The van der Waals surface area contributed by atoms with Crippen molar-refractivity contribution in [2.75, 3.05) is 7.11 Å². The topological polar surface area (TPSA) is 84.0 Å². The average Bonchev–Trinajstić information content (AvgIpc) is 3.16. The van der Waals surface area contributed by atoms with Crippen LogP contribution in [0.1, 0.15) is 48.4 Å². The van der Waals surface area contributed by atoms with Gasteiger partial charge in [-0.25, -0.2) is 5.01 Å². The summed E-state index contributed by atoms with van der Waals surface area (Å²) in [6.07, 6.45) is 0. The molecule has 3 aromatic rings. The lowest BCUT2D eigenvalue weighted by atomic mass is 10.0. The van der Waals surface area contributed by atoms with Crippen LogP contribution in [0.15, 0.2) is 48.5 Å². The summed E-state index contributed by atoms with van der Waals surface area (Å²) in [7, 11) is 1.48. The van der Waals surface area contributed by atoms with E-state index in [-0.39, 0.29) is 42.3 Å². The fourth-order valence-electron chi connectivity index (χ4n) is 3.81. The number of nitrogens with zero attached hydrogens (tertiary/aromatic N) is 2. The molecular weight excluding hydrogens is 586 g/mol. The molecule has 1 heterocycles. The highest BCUT2D eigenvalue weighted by molar-refractivity contribution is 6.55. The van der Waals surface area contributed by atoms with Gasteiger partial charge in [-0.15, -0.1) is 0 Å². The number of amides is 3. The van der Waals surface area contributed by atoms with Crippen LogP contribution in [0.25, 0.3) is 0 Å². The predicted octanol–water partition coefficient (Wildman–Crippen LogP) is 6.89. The monoisotopic (exact) mass is 598 g/mol. The summed E-state index contributed by atoms with van der Waals surface area (Å²) in [5, 5.41) is 0.572. The zero-order valence-electron chi connectivity index (χ0n) is 19.0. The maximum absolute atomic E-state index is 13.7. The van der Waals surface area contributed by atoms with E-state index in [4.69, 9.17) is 62.7 Å². The van der Waals surface area contributed by atoms with Gasteiger partial charge in [-0.1, -0.05) is 58.0 Å². The number of carbonyl (C=O) groups excluding carboxylic acids is 4. The maximum atomic E-state index is 13.7. The molecule has 0 N–H and O–H groups in total. The number of ether oxygens (including phenoxy) is 1. The van der Waals surface area contributed by atoms with Crippen LogP contribution in [0.4, 0.5) is 0 Å². The predicted molar refractivity (Wildman–Crippen MR) is 141 cm³/mol. The minimum absolute atomic E-state index is 0.0589. The van der Waals surface area contributed by atoms with Crippen LogP contribution in [0.5, 0.6) is 5.75 Å². The van der Waals surface area contributed by atoms with Gasteiger partial charge in [-0.05, 0) is 55.5 Å². The summed E-state index contributed by atoms with van der Waals surface area (Å²) in [5.74, 6) is -2.87. The quantitative estimate of drug-likeness (QED) is 0.133. The van der Waals surface area contributed by atoms with Crippen molar-refractivity contribution in [2.45, 2.75) is 13.0 Å². The molecule has 12 heteroatoms. The summed E-state index contributed by atoms with van der Waals surface area (Å²) >= 11 is 30.7. The molecule has 1 atom stereocenters. The molecule has 0 aliphatic carbocycles. The second kappa shape index (κ2) is 10.5. The number of Topliss-reactive ketones (excluding diaryl/α,β-unsaturated/α-hetero) is 1. The molecule has 3 amide bonds. The van der Waals surface area contributed by atoms with Gasteiger partial charge in [0.1, 0.15) is 11.8 Å². The second-order valence-corrected chi connectivity index (χ2v) is 9.80. The van der Waals surface area contributed by atoms with Gasteiger partial charge in [0, 0.05) is 16.1 Å². The number of carbonyl (C=O) groups is 4. The number of imide groups is 1. The molecule has 1 aliphatic rings. The molecule has 0 bridgehead atoms. The van der Waals surface area contributed by atoms with Gasteiger partial charge >= 0.3 is 0 Å². The van der Waals surface area contributed by atoms with Crippen LogP contribution in [0, 0.1) is 0 Å². The Morgan fingerprint density at radius 1 is 0.757 bits per heavy atom. The van der Waals surface area contributed by atoms with E-state index in [0.29, 0.717) is 15.8 Å². The number of hydrazine groups is 1. The number of rotatable bonds is 6. The van der Waals surface area contributed by atoms with Crippen LogP contribution in [-0.2, 0) is 0 Å². The molecule has 0 unspecified atom stereocenters. The highest BCUT2D eigenvalue weighted by atomic mass is 35.5. The number of fused-ring (bicyclic) bond motifs is 1. The van der Waals surface area contributed by atoms with E-state index in [0.717, 1.165) is 5.01 Å². The number of hydrogen-bond acceptors (Lipinski definition) is 5. The molecule has 0 fully saturated rings. The number of ketones is 1. The SMILES string of the molecule is COc1ccc(C(=O)[C@@H](C)N(C(=O)c2ccc(Cl)cc2)N2C(=O)c3c(Cl)c(Cl)c(Cl)c(Cl)c3C2=O)cc1. The van der Waals surface area contributed by atoms with Crippen molar-refractivity contribution >= 4 is 81.5 Å². The summed E-state index contributed by atoms with van der Waals surface area (Å²) in [5.41, 5.74) is -0.391. The number of methoxy groups -OCH3 is 1. The molecule has 0 saturated carbocycles. The second-order valence-electron chi connectivity index (χ2n) is 7.85. The number of halogens is 5. The summed E-state index contributed by atoms with van der Waals surface area (Å²) < 4.78 is 5.12. The summed E-state index contributed by atoms with van der Waals surface area (Å²) in [6, 6.07) is 10.5. The lowest BCUT2D eigenvalue weighted by Gasteiger charge is -2.34. The Bertz CT molecular complexity index is 1410. The van der Waals surface area contributed by atoms with Gasteiger partial charge in [-0.2, -0.15) is 5.01 Å². The Hall–Kier alpha value is -2.81. The first-order valence-corrected chi connectivity index (χ1v) is 12.4. The fourth-order valence-corrected chi connectivity index (χ4v) is 4.95. The Kier molecular flexibility index (Phi) is 7.74. The van der Waals surface area contributed by atoms with Crippen molar-refractivity contribution in [3.05, 3.63) is 95.9 Å². The van der Waals surface area contributed by atoms with E-state index in [1.54, 1.807) is 12.1 Å². The maximum Gasteiger partial charge on any atom is 0.282 e. The van der Waals surface area contributed by atoms with Gasteiger partial charge in [0.15, 0.2) is 5.78 Å². The van der Waals surface area contributed by atoms with Crippen LogP contribution >= 0.6 is 58.0 Å². The molecule has 0 radical (unpaired) electrons. The van der Waals surface area contributed by atoms with Crippen molar-refractivity contribution in [1.29, 1.82) is 0 Å². The standard InChI is InChI=1S/C25H15Cl5N2O5/c1-11(22(33)12-5-9-15(37-2)10-6-12)31(23(34)13-3-7-14(26)8-4-13)32-24(35)16-17(25(32)36)19(28)21(30)20(29)18(16)27/h3-11H,1-2H3/t11-/m1/s1. The fraction of sp³-hybridized carbons (Fsp3) is 0.120. The van der Waals surface area contributed by atoms with Gasteiger partial charge in [0.05, 0.1) is 38.3 Å². The average molecular weight is 601 g/mol. The van der Waals surface area contributed by atoms with Crippen molar-refractivity contribution < 1.29 is 23.9 Å². The molecule has 1 aliphatic heterocycles. The first-order valence-electron chi connectivity index (χ1n) is 10.5. The third-order valence-electron chi connectivity index (χ3n) is 5.72. The Morgan fingerprint density at radius 3 is 1.68 bits per heavy atom. The minimum Gasteiger partial charge on any atom is -0.497 e. The molecular formula is C25H15Cl5N2O5. The zero-order valence-corrected chi connectivity index (χ0v) is 22.8. The highest BCUT2D eigenvalue weighted by Gasteiger charge is 2.48. The lowest BCUT2D eigenvalue weighted by Crippen LogP contribution is -2.56. The van der Waals surface area contributed by atoms with Crippen LogP contribution in [0.2, 0.25) is 25.1 Å². The van der Waals surface area contributed by atoms with E-state index in [1.165, 1.54) is 50.4 Å². The lowest BCUT2D eigenvalue weighted by molar-refractivity contribution is -0.00679. The van der Waals surface area contributed by atoms with Crippen molar-refractivity contribution in [3.63, 3.8) is 0 Å². The van der Waals surface area contributed by atoms with E-state index in [1.807, 2.05) is 0 Å². The van der Waals surface area contributed by atoms with Crippen molar-refractivity contribution in [2.24, 2.45) is 0 Å². The van der Waals surface area contributed by atoms with Crippen molar-refractivity contribution in [1.82, 2.24) is 10.0 Å². The zero-order chi connectivity index (χ0) is 27.2. The van der Waals surface area contributed by atoms with Gasteiger partial charge in [0.25, 0.3) is 17.7 Å². The highest BCUT2D eigenvalue weighted by Crippen LogP contribution is 2.45. The molecule has 0 saturated heterocycles. The Balaban J connectivity index is 1.85. The number of hydrogen-bond donors (Lipinski definition) is 0. The first-order chi connectivity index (χ1) is 17.5. The molecule has 190 valence electrons. The van der Waals surface area contributed by atoms with E-state index in [9.17, 15) is 19.2 Å². The van der Waals surface area contributed by atoms with Crippen LogP contribution in [-0.4, -0.2) is 46.7 Å². The van der Waals surface area contributed by atoms with E-state index in [2.05, 4.69) is 0 Å². The molecule has 0 aromatic heterocycles. The van der Waals surface area contributed by atoms with Crippen LogP contribution < -0.4 is 4.74 Å². The third-order valence-corrected chi connectivity index (χ3v) is 7.77. The molecule has 37 heavy (non-hydrogen) atoms. The van der Waals surface area contributed by atoms with Gasteiger partial charge < -0.3 is 4.74 Å².